The van der Waals surface area contributed by atoms with Crippen LogP contribution in [0.2, 0.25) is 0 Å². The molecule has 2 rings (SSSR count). The molecular formula is C21H33N3O3. The molecule has 0 radical (unpaired) electrons. The largest absolute Gasteiger partial charge is 0.467 e. The number of rotatable bonds is 7. The van der Waals surface area contributed by atoms with Gasteiger partial charge in [0.2, 0.25) is 5.91 Å². The van der Waals surface area contributed by atoms with Gasteiger partial charge in [-0.05, 0) is 43.4 Å². The summed E-state index contributed by atoms with van der Waals surface area (Å²) in [5.41, 5.74) is 3.90. The quantitative estimate of drug-likeness (QED) is 0.740. The summed E-state index contributed by atoms with van der Waals surface area (Å²) in [5, 5.41) is 2.84. The molecule has 1 aliphatic rings. The van der Waals surface area contributed by atoms with Gasteiger partial charge >= 0.3 is 5.97 Å². The van der Waals surface area contributed by atoms with Crippen molar-refractivity contribution in [3.63, 3.8) is 0 Å². The van der Waals surface area contributed by atoms with Gasteiger partial charge in [0.25, 0.3) is 0 Å². The first kappa shape index (κ1) is 21.2. The first-order chi connectivity index (χ1) is 12.8. The van der Waals surface area contributed by atoms with Crippen molar-refractivity contribution in [2.45, 2.75) is 40.2 Å². The first-order valence-corrected chi connectivity index (χ1v) is 9.72. The Kier molecular flexibility index (Phi) is 7.66. The predicted molar refractivity (Wildman–Crippen MR) is 108 cm³/mol. The Labute approximate surface area is 162 Å². The summed E-state index contributed by atoms with van der Waals surface area (Å²) in [7, 11) is 1.36. The zero-order valence-electron chi connectivity index (χ0n) is 17.2. The van der Waals surface area contributed by atoms with Crippen LogP contribution in [-0.4, -0.2) is 62.7 Å². The number of carbonyl (C=O) groups is 2. The number of nitrogens with one attached hydrogen (secondary N) is 1. The van der Waals surface area contributed by atoms with Crippen LogP contribution in [0.5, 0.6) is 0 Å². The zero-order valence-corrected chi connectivity index (χ0v) is 17.2. The van der Waals surface area contributed by atoms with E-state index in [1.54, 1.807) is 0 Å². The molecule has 150 valence electrons. The Morgan fingerprint density at radius 3 is 2.41 bits per heavy atom. The van der Waals surface area contributed by atoms with E-state index in [9.17, 15) is 9.59 Å². The lowest BCUT2D eigenvalue weighted by Crippen LogP contribution is -2.52. The number of hydrogen-bond donors (Lipinski definition) is 1. The summed E-state index contributed by atoms with van der Waals surface area (Å²) >= 11 is 0. The number of benzene rings is 1. The molecule has 1 N–H and O–H groups in total. The van der Waals surface area contributed by atoms with Crippen molar-refractivity contribution in [2.24, 2.45) is 5.92 Å². The van der Waals surface area contributed by atoms with Gasteiger partial charge < -0.3 is 15.0 Å². The highest BCUT2D eigenvalue weighted by Gasteiger charge is 2.25. The van der Waals surface area contributed by atoms with Crippen LogP contribution in [0.1, 0.15) is 31.4 Å². The van der Waals surface area contributed by atoms with Gasteiger partial charge in [0, 0.05) is 31.9 Å². The number of esters is 1. The van der Waals surface area contributed by atoms with Crippen molar-refractivity contribution in [2.75, 3.05) is 44.7 Å². The van der Waals surface area contributed by atoms with Crippen molar-refractivity contribution in [1.29, 1.82) is 0 Å². The van der Waals surface area contributed by atoms with Crippen molar-refractivity contribution in [1.82, 2.24) is 10.2 Å². The molecule has 1 amide bonds. The predicted octanol–water partition coefficient (Wildman–Crippen LogP) is 2.13. The molecule has 1 unspecified atom stereocenters. The fourth-order valence-corrected chi connectivity index (χ4v) is 3.50. The summed E-state index contributed by atoms with van der Waals surface area (Å²) < 4.78 is 4.81. The van der Waals surface area contributed by atoms with E-state index in [0.717, 1.165) is 26.2 Å². The van der Waals surface area contributed by atoms with Gasteiger partial charge in [-0.3, -0.25) is 9.69 Å². The standard InChI is InChI=1S/C21H33N3O3/c1-15(2)13-18(21(26)27-5)22-20(25)14-23-9-11-24(12-10-23)19-8-6-7-16(3)17(19)4/h6-8,15,18H,9-14H2,1-5H3,(H,22,25). The van der Waals surface area contributed by atoms with Crippen molar-refractivity contribution in [3.05, 3.63) is 29.3 Å². The summed E-state index contributed by atoms with van der Waals surface area (Å²) in [4.78, 5) is 28.8. The monoisotopic (exact) mass is 375 g/mol. The highest BCUT2D eigenvalue weighted by molar-refractivity contribution is 5.85. The van der Waals surface area contributed by atoms with Crippen LogP contribution in [0.3, 0.4) is 0 Å². The Hall–Kier alpha value is -2.08. The average Bonchev–Trinajstić information content (AvgIpc) is 2.63. The van der Waals surface area contributed by atoms with Gasteiger partial charge in [0.1, 0.15) is 6.04 Å². The molecule has 1 aliphatic heterocycles. The number of amides is 1. The number of methoxy groups -OCH3 is 1. The van der Waals surface area contributed by atoms with Crippen LogP contribution in [-0.2, 0) is 14.3 Å². The van der Waals surface area contributed by atoms with Gasteiger partial charge in [-0.1, -0.05) is 26.0 Å². The Morgan fingerprint density at radius 1 is 1.15 bits per heavy atom. The fourth-order valence-electron chi connectivity index (χ4n) is 3.50. The number of carbonyl (C=O) groups excluding carboxylic acids is 2. The highest BCUT2D eigenvalue weighted by Crippen LogP contribution is 2.23. The molecule has 1 atom stereocenters. The second-order valence-electron chi connectivity index (χ2n) is 7.76. The average molecular weight is 376 g/mol. The summed E-state index contributed by atoms with van der Waals surface area (Å²) in [6, 6.07) is 5.82. The van der Waals surface area contributed by atoms with Gasteiger partial charge in [0.05, 0.1) is 13.7 Å². The van der Waals surface area contributed by atoms with E-state index in [2.05, 4.69) is 47.2 Å². The number of piperazine rings is 1. The zero-order chi connectivity index (χ0) is 20.0. The van der Waals surface area contributed by atoms with Crippen LogP contribution in [0, 0.1) is 19.8 Å². The summed E-state index contributed by atoms with van der Waals surface area (Å²) in [6.45, 7) is 12.1. The van der Waals surface area contributed by atoms with Gasteiger partial charge in [-0.2, -0.15) is 0 Å². The minimum absolute atomic E-state index is 0.119. The normalized spacial score (nSPS) is 16.3. The number of aryl methyl sites for hydroxylation is 1. The number of hydrogen-bond acceptors (Lipinski definition) is 5. The second kappa shape index (κ2) is 9.74. The molecule has 0 bridgehead atoms. The molecule has 0 spiro atoms. The van der Waals surface area contributed by atoms with Gasteiger partial charge in [-0.15, -0.1) is 0 Å². The molecule has 1 fully saturated rings. The molecule has 0 saturated carbocycles. The van der Waals surface area contributed by atoms with Gasteiger partial charge in [0.15, 0.2) is 0 Å². The van der Waals surface area contributed by atoms with Gasteiger partial charge in [-0.25, -0.2) is 4.79 Å². The van der Waals surface area contributed by atoms with E-state index in [1.807, 2.05) is 13.8 Å². The Balaban J connectivity index is 1.86. The topological polar surface area (TPSA) is 61.9 Å². The minimum Gasteiger partial charge on any atom is -0.467 e. The lowest BCUT2D eigenvalue weighted by atomic mass is 10.0. The smallest absolute Gasteiger partial charge is 0.328 e. The molecular weight excluding hydrogens is 342 g/mol. The molecule has 1 aromatic carbocycles. The molecule has 27 heavy (non-hydrogen) atoms. The van der Waals surface area contributed by atoms with Crippen molar-refractivity contribution in [3.8, 4) is 0 Å². The number of nitrogens with zero attached hydrogens (tertiary/aromatic N) is 2. The van der Waals surface area contributed by atoms with Crippen molar-refractivity contribution >= 4 is 17.6 Å². The van der Waals surface area contributed by atoms with E-state index in [4.69, 9.17) is 4.74 Å². The third kappa shape index (κ3) is 5.96. The molecule has 0 aliphatic carbocycles. The number of anilines is 1. The summed E-state index contributed by atoms with van der Waals surface area (Å²) in [5.74, 6) is -0.196. The first-order valence-electron chi connectivity index (χ1n) is 9.72. The van der Waals surface area contributed by atoms with E-state index in [0.29, 0.717) is 18.9 Å². The maximum absolute atomic E-state index is 12.4. The van der Waals surface area contributed by atoms with Crippen LogP contribution in [0.4, 0.5) is 5.69 Å². The third-order valence-corrected chi connectivity index (χ3v) is 5.18. The molecule has 1 heterocycles. The lowest BCUT2D eigenvalue weighted by molar-refractivity contribution is -0.145. The number of ether oxygens (including phenoxy) is 1. The Morgan fingerprint density at radius 2 is 1.81 bits per heavy atom. The third-order valence-electron chi connectivity index (χ3n) is 5.18. The van der Waals surface area contributed by atoms with E-state index in [1.165, 1.54) is 23.9 Å². The molecule has 0 aromatic heterocycles. The SMILES string of the molecule is COC(=O)C(CC(C)C)NC(=O)CN1CCN(c2cccc(C)c2C)CC1. The van der Waals surface area contributed by atoms with Crippen LogP contribution in [0.15, 0.2) is 18.2 Å². The van der Waals surface area contributed by atoms with E-state index >= 15 is 0 Å². The lowest BCUT2D eigenvalue weighted by Gasteiger charge is -2.36. The Bertz CT molecular complexity index is 652. The van der Waals surface area contributed by atoms with Crippen LogP contribution < -0.4 is 10.2 Å². The van der Waals surface area contributed by atoms with Crippen molar-refractivity contribution < 1.29 is 14.3 Å². The molecule has 1 aromatic rings. The fraction of sp³-hybridized carbons (Fsp3) is 0.619. The minimum atomic E-state index is -0.571. The van der Waals surface area contributed by atoms with Crippen LogP contribution in [0.25, 0.3) is 0 Å². The van der Waals surface area contributed by atoms with Crippen LogP contribution >= 0.6 is 0 Å². The molecule has 6 heteroatoms. The highest BCUT2D eigenvalue weighted by atomic mass is 16.5. The van der Waals surface area contributed by atoms with E-state index < -0.39 is 6.04 Å². The van der Waals surface area contributed by atoms with E-state index in [-0.39, 0.29) is 11.9 Å². The summed E-state index contributed by atoms with van der Waals surface area (Å²) in [6.07, 6.45) is 0.582. The molecule has 1 saturated heterocycles. The molecule has 6 nitrogen and oxygen atoms in total. The second-order valence-corrected chi connectivity index (χ2v) is 7.76. The maximum Gasteiger partial charge on any atom is 0.328 e. The maximum atomic E-state index is 12.4.